The van der Waals surface area contributed by atoms with Gasteiger partial charge in [-0.3, -0.25) is 4.79 Å². The van der Waals surface area contributed by atoms with E-state index in [9.17, 15) is 9.90 Å². The molecule has 3 aromatic rings. The van der Waals surface area contributed by atoms with Crippen LogP contribution in [0, 0.1) is 0 Å². The maximum atomic E-state index is 12.2. The van der Waals surface area contributed by atoms with Gasteiger partial charge in [0.15, 0.2) is 16.9 Å². The number of nitrogens with one attached hydrogen (secondary N) is 1. The summed E-state index contributed by atoms with van der Waals surface area (Å²) in [5, 5.41) is 10.3. The zero-order valence-corrected chi connectivity index (χ0v) is 10.9. The van der Waals surface area contributed by atoms with Crippen molar-refractivity contribution in [2.45, 2.75) is 0 Å². The van der Waals surface area contributed by atoms with Crippen molar-refractivity contribution in [3.05, 3.63) is 58.8 Å². The maximum Gasteiger partial charge on any atom is 0.190 e. The van der Waals surface area contributed by atoms with Crippen LogP contribution in [0.3, 0.4) is 0 Å². The van der Waals surface area contributed by atoms with Crippen LogP contribution in [0.1, 0.15) is 0 Å². The lowest BCUT2D eigenvalue weighted by atomic mass is 10.1. The van der Waals surface area contributed by atoms with Crippen LogP contribution in [0.2, 0.25) is 0 Å². The third-order valence-corrected chi connectivity index (χ3v) is 3.21. The fourth-order valence-electron chi connectivity index (χ4n) is 2.20. The van der Waals surface area contributed by atoms with Gasteiger partial charge in [-0.05, 0) is 11.6 Å². The number of hydrogen-bond donors (Lipinski definition) is 2. The maximum absolute atomic E-state index is 12.2. The van der Waals surface area contributed by atoms with Gasteiger partial charge in [0.2, 0.25) is 0 Å². The van der Waals surface area contributed by atoms with Gasteiger partial charge in [-0.15, -0.1) is 0 Å². The van der Waals surface area contributed by atoms with E-state index in [1.807, 2.05) is 30.3 Å². The Bertz CT molecular complexity index is 822. The summed E-state index contributed by atoms with van der Waals surface area (Å²) >= 11 is 0. The van der Waals surface area contributed by atoms with E-state index < -0.39 is 0 Å². The Hall–Kier alpha value is -2.75. The molecule has 2 N–H and O–H groups in total. The van der Waals surface area contributed by atoms with Gasteiger partial charge in [0.05, 0.1) is 12.6 Å². The molecule has 0 saturated heterocycles. The molecule has 4 nitrogen and oxygen atoms in total. The Balaban J connectivity index is 2.27. The first-order chi connectivity index (χ1) is 9.69. The van der Waals surface area contributed by atoms with Gasteiger partial charge >= 0.3 is 0 Å². The van der Waals surface area contributed by atoms with Gasteiger partial charge in [0.1, 0.15) is 0 Å². The van der Waals surface area contributed by atoms with Gasteiger partial charge in [0.25, 0.3) is 0 Å². The van der Waals surface area contributed by atoms with Crippen molar-refractivity contribution in [2.75, 3.05) is 7.11 Å². The van der Waals surface area contributed by atoms with E-state index in [1.165, 1.54) is 19.2 Å². The molecule has 3 rings (SSSR count). The fourth-order valence-corrected chi connectivity index (χ4v) is 2.20. The summed E-state index contributed by atoms with van der Waals surface area (Å²) in [5.41, 5.74) is 2.10. The van der Waals surface area contributed by atoms with E-state index in [1.54, 1.807) is 6.07 Å². The van der Waals surface area contributed by atoms with Gasteiger partial charge in [0, 0.05) is 23.2 Å². The average Bonchev–Trinajstić information content (AvgIpc) is 2.47. The average molecular weight is 267 g/mol. The van der Waals surface area contributed by atoms with Crippen molar-refractivity contribution >= 4 is 10.9 Å². The number of phenolic OH excluding ortho intramolecular Hbond substituents is 1. The van der Waals surface area contributed by atoms with E-state index in [0.29, 0.717) is 16.6 Å². The number of phenols is 1. The zero-order valence-electron chi connectivity index (χ0n) is 10.9. The third kappa shape index (κ3) is 2.01. The topological polar surface area (TPSA) is 62.3 Å². The van der Waals surface area contributed by atoms with Crippen molar-refractivity contribution in [3.8, 4) is 22.8 Å². The number of aromatic amines is 1. The fraction of sp³-hybridized carbons (Fsp3) is 0.0625. The number of fused-ring (bicyclic) bond motifs is 1. The molecule has 4 heteroatoms. The Morgan fingerprint density at radius 1 is 1.10 bits per heavy atom. The summed E-state index contributed by atoms with van der Waals surface area (Å²) in [4.78, 5) is 15.4. The summed E-state index contributed by atoms with van der Waals surface area (Å²) in [5.74, 6) is 0.288. The third-order valence-electron chi connectivity index (χ3n) is 3.21. The quantitative estimate of drug-likeness (QED) is 0.750. The molecule has 0 amide bonds. The second-order valence-corrected chi connectivity index (χ2v) is 4.48. The van der Waals surface area contributed by atoms with E-state index in [2.05, 4.69) is 4.98 Å². The Kier molecular flexibility index (Phi) is 2.91. The van der Waals surface area contributed by atoms with Crippen LogP contribution in [0.15, 0.2) is 53.3 Å². The molecule has 0 spiro atoms. The van der Waals surface area contributed by atoms with Gasteiger partial charge < -0.3 is 14.8 Å². The normalized spacial score (nSPS) is 10.7. The highest BCUT2D eigenvalue weighted by molar-refractivity contribution is 5.84. The zero-order chi connectivity index (χ0) is 14.1. The summed E-state index contributed by atoms with van der Waals surface area (Å²) in [6.45, 7) is 0. The number of hydrogen-bond acceptors (Lipinski definition) is 3. The smallest absolute Gasteiger partial charge is 0.190 e. The Labute approximate surface area is 115 Å². The molecular formula is C16H13NO3. The molecule has 0 saturated carbocycles. The molecular weight excluding hydrogens is 254 g/mol. The molecule has 2 aromatic carbocycles. The van der Waals surface area contributed by atoms with Gasteiger partial charge in [-0.2, -0.15) is 0 Å². The minimum Gasteiger partial charge on any atom is -0.504 e. The SMILES string of the molecule is COc1cc2c(=O)cc(-c3ccccc3)[nH]c2cc1O. The minimum atomic E-state index is -0.115. The highest BCUT2D eigenvalue weighted by atomic mass is 16.5. The van der Waals surface area contributed by atoms with Crippen LogP contribution in [0.25, 0.3) is 22.2 Å². The number of H-pyrrole nitrogens is 1. The lowest BCUT2D eigenvalue weighted by Crippen LogP contribution is -2.03. The number of benzene rings is 2. The first kappa shape index (κ1) is 12.3. The van der Waals surface area contributed by atoms with E-state index in [0.717, 1.165) is 5.56 Å². The Morgan fingerprint density at radius 2 is 1.85 bits per heavy atom. The molecule has 0 atom stereocenters. The number of pyridine rings is 1. The molecule has 20 heavy (non-hydrogen) atoms. The van der Waals surface area contributed by atoms with E-state index in [4.69, 9.17) is 4.74 Å². The van der Waals surface area contributed by atoms with Crippen LogP contribution < -0.4 is 10.2 Å². The molecule has 0 aliphatic carbocycles. The molecule has 1 heterocycles. The molecule has 0 fully saturated rings. The van der Waals surface area contributed by atoms with E-state index >= 15 is 0 Å². The number of ether oxygens (including phenoxy) is 1. The number of aromatic hydroxyl groups is 1. The van der Waals surface area contributed by atoms with Crippen molar-refractivity contribution < 1.29 is 9.84 Å². The van der Waals surface area contributed by atoms with Crippen molar-refractivity contribution in [2.24, 2.45) is 0 Å². The van der Waals surface area contributed by atoms with Gasteiger partial charge in [-0.25, -0.2) is 0 Å². The number of rotatable bonds is 2. The molecule has 0 aliphatic heterocycles. The number of aromatic nitrogens is 1. The second kappa shape index (κ2) is 4.74. The van der Waals surface area contributed by atoms with Crippen molar-refractivity contribution in [3.63, 3.8) is 0 Å². The lowest BCUT2D eigenvalue weighted by Gasteiger charge is -2.08. The highest BCUT2D eigenvalue weighted by Crippen LogP contribution is 2.29. The monoisotopic (exact) mass is 267 g/mol. The molecule has 0 radical (unpaired) electrons. The van der Waals surface area contributed by atoms with Crippen LogP contribution >= 0.6 is 0 Å². The largest absolute Gasteiger partial charge is 0.504 e. The van der Waals surface area contributed by atoms with Crippen LogP contribution in [0.5, 0.6) is 11.5 Å². The molecule has 1 aromatic heterocycles. The number of methoxy groups -OCH3 is 1. The van der Waals surface area contributed by atoms with Crippen molar-refractivity contribution in [1.29, 1.82) is 0 Å². The predicted octanol–water partition coefficient (Wildman–Crippen LogP) is 2.91. The van der Waals surface area contributed by atoms with E-state index in [-0.39, 0.29) is 16.9 Å². The van der Waals surface area contributed by atoms with Crippen LogP contribution in [-0.2, 0) is 0 Å². The standard InChI is InChI=1S/C16H13NO3/c1-20-16-7-11-13(9-15(16)19)17-12(8-14(11)18)10-5-3-2-4-6-10/h2-9,19H,1H3,(H,17,18). The minimum absolute atomic E-state index is 0.000798. The molecule has 0 aliphatic rings. The predicted molar refractivity (Wildman–Crippen MR) is 78.2 cm³/mol. The summed E-state index contributed by atoms with van der Waals surface area (Å²) in [6, 6.07) is 14.2. The molecule has 0 unspecified atom stereocenters. The summed E-state index contributed by atoms with van der Waals surface area (Å²) in [7, 11) is 1.45. The van der Waals surface area contributed by atoms with Gasteiger partial charge in [-0.1, -0.05) is 30.3 Å². The van der Waals surface area contributed by atoms with Crippen LogP contribution in [-0.4, -0.2) is 17.2 Å². The first-order valence-corrected chi connectivity index (χ1v) is 6.18. The van der Waals surface area contributed by atoms with Crippen LogP contribution in [0.4, 0.5) is 0 Å². The Morgan fingerprint density at radius 3 is 2.55 bits per heavy atom. The van der Waals surface area contributed by atoms with Crippen molar-refractivity contribution in [1.82, 2.24) is 4.98 Å². The summed E-state index contributed by atoms with van der Waals surface area (Å²) < 4.78 is 5.02. The highest BCUT2D eigenvalue weighted by Gasteiger charge is 2.09. The first-order valence-electron chi connectivity index (χ1n) is 6.18. The lowest BCUT2D eigenvalue weighted by molar-refractivity contribution is 0.374. The molecule has 0 bridgehead atoms. The summed E-state index contributed by atoms with van der Waals surface area (Å²) in [6.07, 6.45) is 0. The molecule has 100 valence electrons. The second-order valence-electron chi connectivity index (χ2n) is 4.48.